The zero-order chi connectivity index (χ0) is 13.1. The van der Waals surface area contributed by atoms with Crippen molar-refractivity contribution in [3.63, 3.8) is 0 Å². The fourth-order valence-corrected chi connectivity index (χ4v) is 1.94. The lowest BCUT2D eigenvalue weighted by Gasteiger charge is -2.28. The Hall–Kier alpha value is -0.160. The quantitative estimate of drug-likeness (QED) is 0.414. The molecule has 0 radical (unpaired) electrons. The smallest absolute Gasteiger partial charge is 0.102 e. The van der Waals surface area contributed by atoms with Gasteiger partial charge >= 0.3 is 0 Å². The van der Waals surface area contributed by atoms with E-state index in [2.05, 4.69) is 26.0 Å². The highest BCUT2D eigenvalue weighted by atomic mass is 16.3. The summed E-state index contributed by atoms with van der Waals surface area (Å²) in [5.41, 5.74) is 0. The van der Waals surface area contributed by atoms with Gasteiger partial charge in [-0.05, 0) is 32.9 Å². The molecular weight excluding hydrogens is 216 g/mol. The van der Waals surface area contributed by atoms with Crippen molar-refractivity contribution >= 4 is 0 Å². The average Bonchev–Trinajstić information content (AvgIpc) is 2.23. The van der Waals surface area contributed by atoms with Gasteiger partial charge in [0.05, 0.1) is 33.9 Å². The summed E-state index contributed by atoms with van der Waals surface area (Å²) < 4.78 is 0.918. The van der Waals surface area contributed by atoms with Crippen LogP contribution >= 0.6 is 0 Å². The van der Waals surface area contributed by atoms with Crippen LogP contribution in [0.4, 0.5) is 0 Å². The van der Waals surface area contributed by atoms with E-state index in [-0.39, 0.29) is 13.2 Å². The molecule has 4 nitrogen and oxygen atoms in total. The minimum Gasteiger partial charge on any atom is -0.395 e. The predicted octanol–water partition coefficient (Wildman–Crippen LogP) is 0.540. The number of aliphatic hydroxyl groups excluding tert-OH is 2. The summed E-state index contributed by atoms with van der Waals surface area (Å²) in [4.78, 5) is 2.17. The Labute approximate surface area is 106 Å². The summed E-state index contributed by atoms with van der Waals surface area (Å²) in [6.45, 7) is 4.38. The van der Waals surface area contributed by atoms with Gasteiger partial charge in [0.1, 0.15) is 6.54 Å². The first-order chi connectivity index (χ1) is 8.02. The number of unbranched alkanes of at least 4 members (excludes halogenated alkanes) is 3. The summed E-state index contributed by atoms with van der Waals surface area (Å²) in [5, 5.41) is 17.7. The molecule has 0 aliphatic heterocycles. The highest BCUT2D eigenvalue weighted by molar-refractivity contribution is 4.51. The van der Waals surface area contributed by atoms with Crippen LogP contribution in [0.2, 0.25) is 0 Å². The standard InChI is InChI=1S/C13H31N2O2/c1-14(9-12-16)8-6-4-5-7-10-15(2,3)11-13-17/h16-17H,4-13H2,1-3H3/q+1. The molecule has 17 heavy (non-hydrogen) atoms. The van der Waals surface area contributed by atoms with E-state index in [1.54, 1.807) is 0 Å². The Bertz CT molecular complexity index is 175. The number of hydrogen-bond donors (Lipinski definition) is 2. The van der Waals surface area contributed by atoms with Gasteiger partial charge in [0.25, 0.3) is 0 Å². The number of likely N-dealkylation sites (N-methyl/N-ethyl adjacent to an activating group) is 2. The highest BCUT2D eigenvalue weighted by Crippen LogP contribution is 2.05. The maximum Gasteiger partial charge on any atom is 0.102 e. The molecule has 0 heterocycles. The zero-order valence-electron chi connectivity index (χ0n) is 11.9. The van der Waals surface area contributed by atoms with Crippen LogP contribution in [-0.2, 0) is 0 Å². The van der Waals surface area contributed by atoms with Crippen LogP contribution in [0.1, 0.15) is 25.7 Å². The molecule has 0 unspecified atom stereocenters. The molecule has 104 valence electrons. The molecule has 0 aromatic carbocycles. The van der Waals surface area contributed by atoms with E-state index in [4.69, 9.17) is 10.2 Å². The summed E-state index contributed by atoms with van der Waals surface area (Å²) in [7, 11) is 6.40. The third-order valence-electron chi connectivity index (χ3n) is 3.24. The Morgan fingerprint density at radius 1 is 0.824 bits per heavy atom. The van der Waals surface area contributed by atoms with E-state index in [0.717, 1.165) is 30.7 Å². The molecule has 0 spiro atoms. The monoisotopic (exact) mass is 247 g/mol. The SMILES string of the molecule is CN(CCO)CCCCCC[N+](C)(C)CCO. The molecule has 4 heteroatoms. The first-order valence-electron chi connectivity index (χ1n) is 6.74. The van der Waals surface area contributed by atoms with Gasteiger partial charge in [-0.1, -0.05) is 6.42 Å². The average molecular weight is 247 g/mol. The second-order valence-corrected chi connectivity index (χ2v) is 5.55. The van der Waals surface area contributed by atoms with Crippen molar-refractivity contribution < 1.29 is 14.7 Å². The summed E-state index contributed by atoms with van der Waals surface area (Å²) in [6, 6.07) is 0. The van der Waals surface area contributed by atoms with E-state index in [0.29, 0.717) is 0 Å². The van der Waals surface area contributed by atoms with Crippen LogP contribution in [0.3, 0.4) is 0 Å². The fourth-order valence-electron chi connectivity index (χ4n) is 1.94. The van der Waals surface area contributed by atoms with Crippen LogP contribution < -0.4 is 0 Å². The van der Waals surface area contributed by atoms with Crippen molar-refractivity contribution in [3.8, 4) is 0 Å². The minimum atomic E-state index is 0.253. The molecule has 0 saturated carbocycles. The van der Waals surface area contributed by atoms with Crippen LogP contribution in [0.5, 0.6) is 0 Å². The summed E-state index contributed by atoms with van der Waals surface area (Å²) >= 11 is 0. The van der Waals surface area contributed by atoms with Gasteiger partial charge in [0.2, 0.25) is 0 Å². The van der Waals surface area contributed by atoms with Gasteiger partial charge in [-0.3, -0.25) is 0 Å². The van der Waals surface area contributed by atoms with E-state index in [1.807, 2.05) is 0 Å². The largest absolute Gasteiger partial charge is 0.395 e. The maximum atomic E-state index is 8.91. The van der Waals surface area contributed by atoms with Gasteiger partial charge in [-0.2, -0.15) is 0 Å². The number of quaternary nitrogens is 1. The lowest BCUT2D eigenvalue weighted by Crippen LogP contribution is -2.42. The molecule has 2 N–H and O–H groups in total. The van der Waals surface area contributed by atoms with Crippen molar-refractivity contribution in [1.82, 2.24) is 4.90 Å². The van der Waals surface area contributed by atoms with Gasteiger partial charge in [-0.15, -0.1) is 0 Å². The topological polar surface area (TPSA) is 43.7 Å². The molecule has 0 atom stereocenters. The first kappa shape index (κ1) is 16.8. The molecule has 0 fully saturated rings. The molecular formula is C13H31N2O2+. The van der Waals surface area contributed by atoms with Crippen LogP contribution in [0.25, 0.3) is 0 Å². The highest BCUT2D eigenvalue weighted by Gasteiger charge is 2.12. The molecule has 0 aliphatic rings. The van der Waals surface area contributed by atoms with E-state index < -0.39 is 0 Å². The zero-order valence-corrected chi connectivity index (χ0v) is 11.9. The normalized spacial score (nSPS) is 12.4. The lowest BCUT2D eigenvalue weighted by atomic mass is 10.1. The van der Waals surface area contributed by atoms with Crippen molar-refractivity contribution in [2.75, 3.05) is 60.5 Å². The number of nitrogens with zero attached hydrogens (tertiary/aromatic N) is 2. The van der Waals surface area contributed by atoms with E-state index in [1.165, 1.54) is 25.7 Å². The Morgan fingerprint density at radius 2 is 1.47 bits per heavy atom. The number of hydrogen-bond acceptors (Lipinski definition) is 3. The summed E-state index contributed by atoms with van der Waals surface area (Å²) in [5.74, 6) is 0. The van der Waals surface area contributed by atoms with E-state index in [9.17, 15) is 0 Å². The first-order valence-corrected chi connectivity index (χ1v) is 6.74. The van der Waals surface area contributed by atoms with Crippen molar-refractivity contribution in [1.29, 1.82) is 0 Å². The van der Waals surface area contributed by atoms with Gasteiger partial charge in [-0.25, -0.2) is 0 Å². The third-order valence-corrected chi connectivity index (χ3v) is 3.24. The maximum absolute atomic E-state index is 8.91. The summed E-state index contributed by atoms with van der Waals surface area (Å²) in [6.07, 6.45) is 4.97. The van der Waals surface area contributed by atoms with Crippen molar-refractivity contribution in [2.24, 2.45) is 0 Å². The van der Waals surface area contributed by atoms with Crippen molar-refractivity contribution in [2.45, 2.75) is 25.7 Å². The van der Waals surface area contributed by atoms with E-state index >= 15 is 0 Å². The molecule has 0 aromatic rings. The molecule has 0 aromatic heterocycles. The Kier molecular flexibility index (Phi) is 9.74. The predicted molar refractivity (Wildman–Crippen MR) is 72.0 cm³/mol. The third kappa shape index (κ3) is 10.7. The van der Waals surface area contributed by atoms with Crippen molar-refractivity contribution in [3.05, 3.63) is 0 Å². The van der Waals surface area contributed by atoms with Gasteiger partial charge in [0.15, 0.2) is 0 Å². The van der Waals surface area contributed by atoms with Gasteiger partial charge < -0.3 is 19.6 Å². The molecule has 0 bridgehead atoms. The fraction of sp³-hybridized carbons (Fsp3) is 1.00. The second-order valence-electron chi connectivity index (χ2n) is 5.55. The van der Waals surface area contributed by atoms with Crippen LogP contribution in [0.15, 0.2) is 0 Å². The molecule has 0 amide bonds. The number of aliphatic hydroxyl groups is 2. The molecule has 0 saturated heterocycles. The number of rotatable bonds is 11. The molecule has 0 rings (SSSR count). The van der Waals surface area contributed by atoms with Crippen LogP contribution in [0, 0.1) is 0 Å². The minimum absolute atomic E-state index is 0.253. The van der Waals surface area contributed by atoms with Crippen LogP contribution in [-0.4, -0.2) is 80.1 Å². The Morgan fingerprint density at radius 3 is 2.06 bits per heavy atom. The Balaban J connectivity index is 3.34. The molecule has 0 aliphatic carbocycles. The second kappa shape index (κ2) is 9.83. The van der Waals surface area contributed by atoms with Gasteiger partial charge in [0, 0.05) is 6.54 Å². The lowest BCUT2D eigenvalue weighted by molar-refractivity contribution is -0.890.